The molecule has 0 spiro atoms. The fourth-order valence-electron chi connectivity index (χ4n) is 10.5. The zero-order valence-electron chi connectivity index (χ0n) is 40.1. The van der Waals surface area contributed by atoms with Crippen molar-refractivity contribution in [2.75, 3.05) is 9.80 Å². The molecule has 1 aliphatic rings. The van der Waals surface area contributed by atoms with E-state index in [1.807, 2.05) is 0 Å². The average molecular weight is 815 g/mol. The first-order chi connectivity index (χ1) is 29.1. The Morgan fingerprint density at radius 1 is 0.403 bits per heavy atom. The van der Waals surface area contributed by atoms with Gasteiger partial charge in [-0.15, -0.1) is 0 Å². The Morgan fingerprint density at radius 2 is 0.903 bits per heavy atom. The molecule has 0 radical (unpaired) electrons. The summed E-state index contributed by atoms with van der Waals surface area (Å²) in [7, 11) is 0. The molecule has 1 aliphatic carbocycles. The Morgan fingerprint density at radius 3 is 1.40 bits per heavy atom. The second-order valence-corrected chi connectivity index (χ2v) is 21.7. The van der Waals surface area contributed by atoms with Gasteiger partial charge < -0.3 is 9.80 Å². The van der Waals surface area contributed by atoms with E-state index in [4.69, 9.17) is 0 Å². The summed E-state index contributed by atoms with van der Waals surface area (Å²) in [5, 5.41) is 8.19. The highest BCUT2D eigenvalue weighted by Gasteiger charge is 2.34. The Kier molecular flexibility index (Phi) is 9.75. The van der Waals surface area contributed by atoms with Crippen molar-refractivity contribution in [2.45, 2.75) is 133 Å². The van der Waals surface area contributed by atoms with E-state index in [1.165, 1.54) is 128 Å². The number of anilines is 6. The Labute approximate surface area is 371 Å². The molecule has 0 unspecified atom stereocenters. The molecule has 0 saturated carbocycles. The van der Waals surface area contributed by atoms with Crippen molar-refractivity contribution < 1.29 is 0 Å². The third-order valence-corrected chi connectivity index (χ3v) is 14.3. The van der Waals surface area contributed by atoms with Crippen molar-refractivity contribution in [3.63, 3.8) is 0 Å². The maximum Gasteiger partial charge on any atom is 0.0543 e. The molecule has 2 nitrogen and oxygen atoms in total. The van der Waals surface area contributed by atoms with E-state index in [0.29, 0.717) is 0 Å². The van der Waals surface area contributed by atoms with Gasteiger partial charge >= 0.3 is 0 Å². The van der Waals surface area contributed by atoms with Crippen LogP contribution in [0.15, 0.2) is 103 Å². The second kappa shape index (κ2) is 14.5. The molecule has 0 N–H and O–H groups in total. The predicted octanol–water partition coefficient (Wildman–Crippen LogP) is 17.5. The fraction of sp³-hybridized carbons (Fsp3) is 0.333. The molecule has 9 rings (SSSR count). The van der Waals surface area contributed by atoms with Crippen LogP contribution in [-0.2, 0) is 22.7 Å². The standard InChI is InChI=1S/C60H66N2/c1-35-16-24-49(40(6)28-35)61(51-32-43(58(8,9)10)20-18-37(51)3)53-30-39(5)45-22-23-46-54(31-42-26-27-60(14,15)48-34-47(53)56(45)57(46)55(42)48)62(50-25-17-36(2)29-41(50)7)52-33-44(59(11,12)13)21-19-38(52)4/h16-25,28-34H,26-27H2,1-15H3. The number of rotatable bonds is 6. The molecular weight excluding hydrogens is 749 g/mol. The van der Waals surface area contributed by atoms with E-state index in [0.717, 1.165) is 12.8 Å². The van der Waals surface area contributed by atoms with Gasteiger partial charge in [-0.1, -0.05) is 127 Å². The van der Waals surface area contributed by atoms with Gasteiger partial charge in [0.05, 0.1) is 11.4 Å². The summed E-state index contributed by atoms with van der Waals surface area (Å²) < 4.78 is 0. The molecule has 0 aliphatic heterocycles. The van der Waals surface area contributed by atoms with Crippen LogP contribution in [0.1, 0.15) is 123 Å². The summed E-state index contributed by atoms with van der Waals surface area (Å²) in [5.74, 6) is 0. The van der Waals surface area contributed by atoms with Crippen LogP contribution in [0.25, 0.3) is 32.3 Å². The number of benzene rings is 8. The lowest BCUT2D eigenvalue weighted by atomic mass is 9.70. The van der Waals surface area contributed by atoms with Crippen molar-refractivity contribution in [1.82, 2.24) is 0 Å². The fourth-order valence-corrected chi connectivity index (χ4v) is 10.5. The van der Waals surface area contributed by atoms with E-state index in [2.05, 4.69) is 217 Å². The van der Waals surface area contributed by atoms with Crippen molar-refractivity contribution in [1.29, 1.82) is 0 Å². The number of aryl methyl sites for hydroxylation is 8. The topological polar surface area (TPSA) is 6.48 Å². The molecule has 8 aromatic carbocycles. The molecule has 316 valence electrons. The number of nitrogens with zero attached hydrogens (tertiary/aromatic N) is 2. The van der Waals surface area contributed by atoms with Crippen LogP contribution < -0.4 is 9.80 Å². The SMILES string of the molecule is Cc1ccc(N(c2cc(C(C)(C)C)ccc2C)c2cc(C)c3ccc4c(N(c5ccc(C)cc5C)c5cc(C(C)(C)C)ccc5C)cc5c6c(cc2c3c46)C(C)(C)CC5)c(C)c1. The smallest absolute Gasteiger partial charge is 0.0543 e. The monoisotopic (exact) mass is 815 g/mol. The first kappa shape index (κ1) is 41.7. The highest BCUT2D eigenvalue weighted by Crippen LogP contribution is 2.55. The minimum absolute atomic E-state index is 0.000984. The molecule has 62 heavy (non-hydrogen) atoms. The maximum absolute atomic E-state index is 2.61. The quantitative estimate of drug-likeness (QED) is 0.154. The van der Waals surface area contributed by atoms with E-state index in [1.54, 1.807) is 0 Å². The van der Waals surface area contributed by atoms with Gasteiger partial charge in [-0.05, 0) is 186 Å². The zero-order valence-corrected chi connectivity index (χ0v) is 40.1. The lowest BCUT2D eigenvalue weighted by molar-refractivity contribution is 0.475. The average Bonchev–Trinajstić information content (AvgIpc) is 3.19. The Hall–Kier alpha value is -5.60. The van der Waals surface area contributed by atoms with Crippen LogP contribution in [0.3, 0.4) is 0 Å². The van der Waals surface area contributed by atoms with Crippen LogP contribution in [0.2, 0.25) is 0 Å². The molecule has 0 fully saturated rings. The first-order valence-electron chi connectivity index (χ1n) is 22.9. The third-order valence-electron chi connectivity index (χ3n) is 14.3. The minimum Gasteiger partial charge on any atom is -0.309 e. The number of hydrogen-bond acceptors (Lipinski definition) is 2. The molecular formula is C60H66N2. The Balaban J connectivity index is 1.45. The summed E-state index contributed by atoms with van der Waals surface area (Å²) in [4.78, 5) is 5.21. The van der Waals surface area contributed by atoms with Gasteiger partial charge in [-0.2, -0.15) is 0 Å². The van der Waals surface area contributed by atoms with Crippen LogP contribution in [0.5, 0.6) is 0 Å². The molecule has 0 amide bonds. The van der Waals surface area contributed by atoms with Crippen LogP contribution in [-0.4, -0.2) is 0 Å². The number of hydrogen-bond donors (Lipinski definition) is 0. The molecule has 8 aromatic rings. The predicted molar refractivity (Wildman–Crippen MR) is 271 cm³/mol. The summed E-state index contributed by atoms with van der Waals surface area (Å²) in [6.07, 6.45) is 2.14. The molecule has 0 bridgehead atoms. The van der Waals surface area contributed by atoms with Gasteiger partial charge in [0, 0.05) is 38.9 Å². The van der Waals surface area contributed by atoms with E-state index < -0.39 is 0 Å². The second-order valence-electron chi connectivity index (χ2n) is 21.7. The molecule has 0 heterocycles. The van der Waals surface area contributed by atoms with Gasteiger partial charge in [0.25, 0.3) is 0 Å². The van der Waals surface area contributed by atoms with Crippen LogP contribution in [0, 0.1) is 48.5 Å². The summed E-state index contributed by atoms with van der Waals surface area (Å²) in [6, 6.07) is 40.7. The van der Waals surface area contributed by atoms with Gasteiger partial charge in [-0.3, -0.25) is 0 Å². The van der Waals surface area contributed by atoms with Gasteiger partial charge in [0.2, 0.25) is 0 Å². The molecule has 0 aromatic heterocycles. The van der Waals surface area contributed by atoms with Crippen molar-refractivity contribution >= 4 is 66.4 Å². The molecule has 2 heteroatoms. The van der Waals surface area contributed by atoms with Crippen molar-refractivity contribution in [3.05, 3.63) is 164 Å². The van der Waals surface area contributed by atoms with E-state index in [-0.39, 0.29) is 16.2 Å². The highest BCUT2D eigenvalue weighted by molar-refractivity contribution is 6.30. The summed E-state index contributed by atoms with van der Waals surface area (Å²) in [6.45, 7) is 34.8. The lowest BCUT2D eigenvalue weighted by Gasteiger charge is -2.38. The first-order valence-corrected chi connectivity index (χ1v) is 22.9. The van der Waals surface area contributed by atoms with Gasteiger partial charge in [-0.25, -0.2) is 0 Å². The summed E-state index contributed by atoms with van der Waals surface area (Å²) in [5.41, 5.74) is 22.0. The normalized spacial score (nSPS) is 14.0. The van der Waals surface area contributed by atoms with Gasteiger partial charge in [0.15, 0.2) is 0 Å². The van der Waals surface area contributed by atoms with E-state index in [9.17, 15) is 0 Å². The largest absolute Gasteiger partial charge is 0.309 e. The van der Waals surface area contributed by atoms with Crippen molar-refractivity contribution in [3.8, 4) is 0 Å². The summed E-state index contributed by atoms with van der Waals surface area (Å²) >= 11 is 0. The molecule has 0 atom stereocenters. The zero-order chi connectivity index (χ0) is 44.4. The van der Waals surface area contributed by atoms with Crippen LogP contribution in [0.4, 0.5) is 34.1 Å². The lowest BCUT2D eigenvalue weighted by Crippen LogP contribution is -2.24. The maximum atomic E-state index is 2.61. The third kappa shape index (κ3) is 6.77. The minimum atomic E-state index is 0.000984. The van der Waals surface area contributed by atoms with Crippen LogP contribution >= 0.6 is 0 Å². The van der Waals surface area contributed by atoms with Crippen molar-refractivity contribution in [2.24, 2.45) is 0 Å². The molecule has 0 saturated heterocycles. The highest BCUT2D eigenvalue weighted by atomic mass is 15.2. The Bertz CT molecular complexity index is 3090. The van der Waals surface area contributed by atoms with E-state index >= 15 is 0 Å². The van der Waals surface area contributed by atoms with Gasteiger partial charge in [0.1, 0.15) is 0 Å².